The van der Waals surface area contributed by atoms with E-state index in [0.717, 1.165) is 17.0 Å². The lowest BCUT2D eigenvalue weighted by atomic mass is 10.0. The summed E-state index contributed by atoms with van der Waals surface area (Å²) in [5.41, 5.74) is 8.20. The summed E-state index contributed by atoms with van der Waals surface area (Å²) in [5, 5.41) is 2.91. The molecule has 6 nitrogen and oxygen atoms in total. The molecule has 1 aromatic carbocycles. The molecule has 1 saturated heterocycles. The SMILES string of the molecule is COc1ccc(C2CC(C(=O)NCc3ccccn3)NN2)cc1. The minimum absolute atomic E-state index is 0.0286. The third kappa shape index (κ3) is 3.85. The van der Waals surface area contributed by atoms with Gasteiger partial charge in [-0.15, -0.1) is 0 Å². The number of carbonyl (C=O) groups excluding carboxylic acids is 1. The third-order valence-electron chi connectivity index (χ3n) is 3.91. The minimum Gasteiger partial charge on any atom is -0.497 e. The van der Waals surface area contributed by atoms with E-state index in [1.807, 2.05) is 42.5 Å². The molecule has 0 saturated carbocycles. The minimum atomic E-state index is -0.259. The molecule has 23 heavy (non-hydrogen) atoms. The molecule has 3 rings (SSSR count). The summed E-state index contributed by atoms with van der Waals surface area (Å²) in [7, 11) is 1.65. The van der Waals surface area contributed by atoms with E-state index in [1.165, 1.54) is 0 Å². The fourth-order valence-electron chi connectivity index (χ4n) is 2.59. The van der Waals surface area contributed by atoms with Crippen molar-refractivity contribution < 1.29 is 9.53 Å². The molecular weight excluding hydrogens is 292 g/mol. The number of hydrazine groups is 1. The number of benzene rings is 1. The number of nitrogens with zero attached hydrogens (tertiary/aromatic N) is 1. The molecule has 120 valence electrons. The van der Waals surface area contributed by atoms with Crippen LogP contribution in [0.5, 0.6) is 5.75 Å². The Balaban J connectivity index is 1.53. The van der Waals surface area contributed by atoms with E-state index in [2.05, 4.69) is 21.2 Å². The summed E-state index contributed by atoms with van der Waals surface area (Å²) < 4.78 is 5.16. The number of methoxy groups -OCH3 is 1. The fraction of sp³-hybridized carbons (Fsp3) is 0.294. The van der Waals surface area contributed by atoms with Crippen LogP contribution in [0, 0.1) is 0 Å². The highest BCUT2D eigenvalue weighted by molar-refractivity contribution is 5.82. The molecule has 1 aliphatic heterocycles. The van der Waals surface area contributed by atoms with E-state index < -0.39 is 0 Å². The van der Waals surface area contributed by atoms with Gasteiger partial charge < -0.3 is 10.1 Å². The average Bonchev–Trinajstić information content (AvgIpc) is 3.11. The Morgan fingerprint density at radius 3 is 2.78 bits per heavy atom. The molecule has 6 heteroatoms. The normalized spacial score (nSPS) is 20.2. The van der Waals surface area contributed by atoms with Gasteiger partial charge in [-0.05, 0) is 36.2 Å². The molecular formula is C17H20N4O2. The molecule has 1 fully saturated rings. The first-order valence-corrected chi connectivity index (χ1v) is 7.59. The second-order valence-corrected chi connectivity index (χ2v) is 5.44. The fourth-order valence-corrected chi connectivity index (χ4v) is 2.59. The van der Waals surface area contributed by atoms with E-state index in [1.54, 1.807) is 13.3 Å². The molecule has 0 bridgehead atoms. The van der Waals surface area contributed by atoms with Crippen LogP contribution in [-0.4, -0.2) is 24.0 Å². The van der Waals surface area contributed by atoms with E-state index in [-0.39, 0.29) is 18.0 Å². The van der Waals surface area contributed by atoms with Crippen LogP contribution in [0.3, 0.4) is 0 Å². The smallest absolute Gasteiger partial charge is 0.238 e. The molecule has 0 spiro atoms. The summed E-state index contributed by atoms with van der Waals surface area (Å²) in [6.07, 6.45) is 2.41. The first-order valence-electron chi connectivity index (χ1n) is 7.59. The monoisotopic (exact) mass is 312 g/mol. The van der Waals surface area contributed by atoms with E-state index in [4.69, 9.17) is 4.74 Å². The van der Waals surface area contributed by atoms with Crippen LogP contribution in [0.1, 0.15) is 23.7 Å². The van der Waals surface area contributed by atoms with E-state index in [0.29, 0.717) is 13.0 Å². The number of hydrogen-bond donors (Lipinski definition) is 3. The quantitative estimate of drug-likeness (QED) is 0.776. The van der Waals surface area contributed by atoms with Crippen molar-refractivity contribution in [1.82, 2.24) is 21.2 Å². The van der Waals surface area contributed by atoms with Crippen LogP contribution in [0.2, 0.25) is 0 Å². The lowest BCUT2D eigenvalue weighted by molar-refractivity contribution is -0.123. The standard InChI is InChI=1S/C17H20N4O2/c1-23-14-7-5-12(6-8-14)15-10-16(21-20-15)17(22)19-11-13-4-2-3-9-18-13/h2-9,15-16,20-21H,10-11H2,1H3,(H,19,22). The molecule has 0 radical (unpaired) electrons. The zero-order valence-corrected chi connectivity index (χ0v) is 13.0. The lowest BCUT2D eigenvalue weighted by Gasteiger charge is -2.11. The van der Waals surface area contributed by atoms with E-state index >= 15 is 0 Å². The molecule has 1 aliphatic rings. The summed E-state index contributed by atoms with van der Waals surface area (Å²) in [6.45, 7) is 0.436. The maximum absolute atomic E-state index is 12.2. The van der Waals surface area contributed by atoms with Gasteiger partial charge in [0.25, 0.3) is 0 Å². The zero-order valence-electron chi connectivity index (χ0n) is 13.0. The highest BCUT2D eigenvalue weighted by Crippen LogP contribution is 2.24. The number of carbonyl (C=O) groups is 1. The van der Waals surface area contributed by atoms with Crippen molar-refractivity contribution in [2.24, 2.45) is 0 Å². The zero-order chi connectivity index (χ0) is 16.1. The van der Waals surface area contributed by atoms with Gasteiger partial charge in [0.2, 0.25) is 5.91 Å². The predicted molar refractivity (Wildman–Crippen MR) is 86.5 cm³/mol. The maximum atomic E-state index is 12.2. The second-order valence-electron chi connectivity index (χ2n) is 5.44. The van der Waals surface area contributed by atoms with Crippen LogP contribution in [0.15, 0.2) is 48.7 Å². The Morgan fingerprint density at radius 1 is 1.26 bits per heavy atom. The van der Waals surface area contributed by atoms with Crippen LogP contribution < -0.4 is 20.9 Å². The van der Waals surface area contributed by atoms with Gasteiger partial charge in [-0.1, -0.05) is 18.2 Å². The Bertz CT molecular complexity index is 645. The van der Waals surface area contributed by atoms with Crippen molar-refractivity contribution in [3.8, 4) is 5.75 Å². The highest BCUT2D eigenvalue weighted by atomic mass is 16.5. The van der Waals surface area contributed by atoms with Crippen LogP contribution in [0.4, 0.5) is 0 Å². The number of pyridine rings is 1. The average molecular weight is 312 g/mol. The van der Waals surface area contributed by atoms with Gasteiger partial charge >= 0.3 is 0 Å². The number of amides is 1. The van der Waals surface area contributed by atoms with Crippen LogP contribution >= 0.6 is 0 Å². The van der Waals surface area contributed by atoms with Gasteiger partial charge in [-0.25, -0.2) is 10.9 Å². The van der Waals surface area contributed by atoms with Crippen molar-refractivity contribution in [3.05, 3.63) is 59.9 Å². The second kappa shape index (κ2) is 7.21. The molecule has 0 aliphatic carbocycles. The summed E-state index contributed by atoms with van der Waals surface area (Å²) >= 11 is 0. The first kappa shape index (κ1) is 15.5. The molecule has 1 amide bonds. The van der Waals surface area contributed by atoms with Gasteiger partial charge in [0, 0.05) is 12.2 Å². The number of nitrogens with one attached hydrogen (secondary N) is 3. The molecule has 2 heterocycles. The van der Waals surface area contributed by atoms with Crippen molar-refractivity contribution >= 4 is 5.91 Å². The van der Waals surface area contributed by atoms with Crippen LogP contribution in [0.25, 0.3) is 0 Å². The maximum Gasteiger partial charge on any atom is 0.238 e. The lowest BCUT2D eigenvalue weighted by Crippen LogP contribution is -2.42. The number of hydrogen-bond acceptors (Lipinski definition) is 5. The van der Waals surface area contributed by atoms with Crippen molar-refractivity contribution in [3.63, 3.8) is 0 Å². The topological polar surface area (TPSA) is 75.3 Å². The Hall–Kier alpha value is -2.44. The highest BCUT2D eigenvalue weighted by Gasteiger charge is 2.29. The van der Waals surface area contributed by atoms with Gasteiger partial charge in [0.05, 0.1) is 19.3 Å². The Morgan fingerprint density at radius 2 is 2.09 bits per heavy atom. The van der Waals surface area contributed by atoms with Gasteiger partial charge in [-0.2, -0.15) is 0 Å². The molecule has 2 aromatic rings. The molecule has 1 aromatic heterocycles. The van der Waals surface area contributed by atoms with Crippen molar-refractivity contribution in [2.45, 2.75) is 25.0 Å². The summed E-state index contributed by atoms with van der Waals surface area (Å²) in [4.78, 5) is 16.4. The molecule has 2 unspecified atom stereocenters. The number of rotatable bonds is 5. The van der Waals surface area contributed by atoms with Crippen LogP contribution in [-0.2, 0) is 11.3 Å². The molecule has 3 N–H and O–H groups in total. The number of ether oxygens (including phenoxy) is 1. The van der Waals surface area contributed by atoms with Crippen molar-refractivity contribution in [2.75, 3.05) is 7.11 Å². The van der Waals surface area contributed by atoms with Gasteiger partial charge in [0.15, 0.2) is 0 Å². The summed E-state index contributed by atoms with van der Waals surface area (Å²) in [5.74, 6) is 0.795. The molecule has 2 atom stereocenters. The number of aromatic nitrogens is 1. The largest absolute Gasteiger partial charge is 0.497 e. The van der Waals surface area contributed by atoms with Gasteiger partial charge in [-0.3, -0.25) is 9.78 Å². The summed E-state index contributed by atoms with van der Waals surface area (Å²) in [6, 6.07) is 13.4. The van der Waals surface area contributed by atoms with Gasteiger partial charge in [0.1, 0.15) is 11.8 Å². The predicted octanol–water partition coefficient (Wildman–Crippen LogP) is 1.31. The van der Waals surface area contributed by atoms with Crippen molar-refractivity contribution in [1.29, 1.82) is 0 Å². The Labute approximate surface area is 135 Å². The van der Waals surface area contributed by atoms with E-state index in [9.17, 15) is 4.79 Å². The Kier molecular flexibility index (Phi) is 4.85. The first-order chi connectivity index (χ1) is 11.3. The third-order valence-corrected chi connectivity index (χ3v) is 3.91.